The number of hydrogen-bond donors (Lipinski definition) is 1. The van der Waals surface area contributed by atoms with E-state index in [9.17, 15) is 5.11 Å². The SMILES string of the molecule is C#CC(C)(C)OCC(O)CN1CCOCC1.Cl. The Kier molecular flexibility index (Phi) is 7.77. The van der Waals surface area contributed by atoms with Crippen molar-refractivity contribution in [2.24, 2.45) is 0 Å². The number of β-amino-alcohol motifs (C(OH)–C–C–N with tert-alkyl or cyclic N) is 1. The van der Waals surface area contributed by atoms with Crippen LogP contribution in [0.2, 0.25) is 0 Å². The Morgan fingerprint density at radius 1 is 1.47 bits per heavy atom. The van der Waals surface area contributed by atoms with Crippen LogP contribution in [-0.2, 0) is 9.47 Å². The Balaban J connectivity index is 0.00000256. The summed E-state index contributed by atoms with van der Waals surface area (Å²) in [6.07, 6.45) is 4.80. The minimum absolute atomic E-state index is 0. The molecule has 1 rings (SSSR count). The molecule has 1 aliphatic heterocycles. The Morgan fingerprint density at radius 2 is 2.06 bits per heavy atom. The molecular formula is C12H22ClNO3. The molecule has 0 saturated carbocycles. The fraction of sp³-hybridized carbons (Fsp3) is 0.833. The molecule has 0 aromatic carbocycles. The number of aliphatic hydroxyl groups excluding tert-OH is 1. The molecular weight excluding hydrogens is 242 g/mol. The summed E-state index contributed by atoms with van der Waals surface area (Å²) in [7, 11) is 0. The van der Waals surface area contributed by atoms with Crippen LogP contribution in [0.5, 0.6) is 0 Å². The molecule has 5 heteroatoms. The van der Waals surface area contributed by atoms with Crippen molar-refractivity contribution in [3.63, 3.8) is 0 Å². The minimum Gasteiger partial charge on any atom is -0.389 e. The number of halogens is 1. The quantitative estimate of drug-likeness (QED) is 0.735. The van der Waals surface area contributed by atoms with Crippen molar-refractivity contribution < 1.29 is 14.6 Å². The number of aliphatic hydroxyl groups is 1. The third kappa shape index (κ3) is 6.87. The second kappa shape index (κ2) is 7.91. The van der Waals surface area contributed by atoms with Gasteiger partial charge in [0.05, 0.1) is 25.9 Å². The Labute approximate surface area is 110 Å². The smallest absolute Gasteiger partial charge is 0.122 e. The van der Waals surface area contributed by atoms with Gasteiger partial charge < -0.3 is 14.6 Å². The van der Waals surface area contributed by atoms with Crippen molar-refractivity contribution in [3.8, 4) is 12.3 Å². The van der Waals surface area contributed by atoms with Crippen LogP contribution < -0.4 is 0 Å². The zero-order chi connectivity index (χ0) is 12.0. The summed E-state index contributed by atoms with van der Waals surface area (Å²) in [4.78, 5) is 2.17. The Bertz CT molecular complexity index is 247. The van der Waals surface area contributed by atoms with Gasteiger partial charge in [-0.3, -0.25) is 4.90 Å². The molecule has 1 fully saturated rings. The third-order valence-corrected chi connectivity index (χ3v) is 2.56. The van der Waals surface area contributed by atoms with Gasteiger partial charge in [-0.15, -0.1) is 18.8 Å². The molecule has 1 N–H and O–H groups in total. The highest BCUT2D eigenvalue weighted by molar-refractivity contribution is 5.85. The van der Waals surface area contributed by atoms with E-state index in [1.54, 1.807) is 0 Å². The normalized spacial score (nSPS) is 19.2. The van der Waals surface area contributed by atoms with Gasteiger partial charge in [0, 0.05) is 19.6 Å². The Hall–Kier alpha value is -0.310. The summed E-state index contributed by atoms with van der Waals surface area (Å²) in [6, 6.07) is 0. The highest BCUT2D eigenvalue weighted by atomic mass is 35.5. The van der Waals surface area contributed by atoms with Gasteiger partial charge in [-0.25, -0.2) is 0 Å². The Morgan fingerprint density at radius 3 is 2.59 bits per heavy atom. The summed E-state index contributed by atoms with van der Waals surface area (Å²) in [6.45, 7) is 7.74. The van der Waals surface area contributed by atoms with Gasteiger partial charge in [-0.2, -0.15) is 0 Å². The van der Waals surface area contributed by atoms with Gasteiger partial charge in [-0.1, -0.05) is 5.92 Å². The zero-order valence-corrected chi connectivity index (χ0v) is 11.3. The van der Waals surface area contributed by atoms with Crippen LogP contribution in [-0.4, -0.2) is 61.2 Å². The summed E-state index contributed by atoms with van der Waals surface area (Å²) >= 11 is 0. The van der Waals surface area contributed by atoms with Crippen LogP contribution in [0.4, 0.5) is 0 Å². The molecule has 1 aliphatic rings. The zero-order valence-electron chi connectivity index (χ0n) is 10.5. The molecule has 0 bridgehead atoms. The standard InChI is InChI=1S/C12H21NO3.ClH/c1-4-12(2,3)16-10-11(14)9-13-5-7-15-8-6-13;/h1,11,14H,5-10H2,2-3H3;1H. The van der Waals surface area contributed by atoms with E-state index in [0.29, 0.717) is 6.54 Å². The van der Waals surface area contributed by atoms with Gasteiger partial charge in [0.25, 0.3) is 0 Å². The van der Waals surface area contributed by atoms with Gasteiger partial charge in [0.15, 0.2) is 0 Å². The van der Waals surface area contributed by atoms with E-state index in [2.05, 4.69) is 10.8 Å². The fourth-order valence-electron chi connectivity index (χ4n) is 1.48. The number of nitrogens with zero attached hydrogens (tertiary/aromatic N) is 1. The lowest BCUT2D eigenvalue weighted by atomic mass is 10.1. The van der Waals surface area contributed by atoms with Crippen molar-refractivity contribution in [1.82, 2.24) is 4.90 Å². The van der Waals surface area contributed by atoms with Crippen LogP contribution in [0.25, 0.3) is 0 Å². The molecule has 17 heavy (non-hydrogen) atoms. The minimum atomic E-state index is -0.605. The van der Waals surface area contributed by atoms with Gasteiger partial charge in [-0.05, 0) is 13.8 Å². The lowest BCUT2D eigenvalue weighted by Gasteiger charge is -2.29. The monoisotopic (exact) mass is 263 g/mol. The molecule has 0 aliphatic carbocycles. The van der Waals surface area contributed by atoms with E-state index in [1.165, 1.54) is 0 Å². The average molecular weight is 264 g/mol. The fourth-order valence-corrected chi connectivity index (χ4v) is 1.48. The summed E-state index contributed by atoms with van der Waals surface area (Å²) in [5.74, 6) is 2.53. The number of terminal acetylenes is 1. The average Bonchev–Trinajstić information content (AvgIpc) is 2.28. The van der Waals surface area contributed by atoms with Crippen LogP contribution in [0.1, 0.15) is 13.8 Å². The van der Waals surface area contributed by atoms with Crippen molar-refractivity contribution in [2.45, 2.75) is 25.6 Å². The summed E-state index contributed by atoms with van der Waals surface area (Å²) in [5, 5.41) is 9.78. The van der Waals surface area contributed by atoms with Gasteiger partial charge in [0.1, 0.15) is 5.60 Å². The van der Waals surface area contributed by atoms with Gasteiger partial charge >= 0.3 is 0 Å². The van der Waals surface area contributed by atoms with E-state index in [-0.39, 0.29) is 19.0 Å². The first-order valence-electron chi connectivity index (χ1n) is 5.63. The second-order valence-electron chi connectivity index (χ2n) is 4.53. The highest BCUT2D eigenvalue weighted by Crippen LogP contribution is 2.08. The molecule has 0 amide bonds. The van der Waals surface area contributed by atoms with Crippen LogP contribution in [0.15, 0.2) is 0 Å². The van der Waals surface area contributed by atoms with E-state index in [1.807, 2.05) is 13.8 Å². The van der Waals surface area contributed by atoms with Crippen molar-refractivity contribution >= 4 is 12.4 Å². The van der Waals surface area contributed by atoms with E-state index in [4.69, 9.17) is 15.9 Å². The molecule has 4 nitrogen and oxygen atoms in total. The van der Waals surface area contributed by atoms with Gasteiger partial charge in [0.2, 0.25) is 0 Å². The van der Waals surface area contributed by atoms with E-state index in [0.717, 1.165) is 26.3 Å². The molecule has 1 unspecified atom stereocenters. The second-order valence-corrected chi connectivity index (χ2v) is 4.53. The maximum absolute atomic E-state index is 9.78. The molecule has 1 saturated heterocycles. The maximum Gasteiger partial charge on any atom is 0.122 e. The highest BCUT2D eigenvalue weighted by Gasteiger charge is 2.19. The van der Waals surface area contributed by atoms with E-state index < -0.39 is 11.7 Å². The molecule has 0 aromatic heterocycles. The van der Waals surface area contributed by atoms with Crippen molar-refractivity contribution in [2.75, 3.05) is 39.5 Å². The number of ether oxygens (including phenoxy) is 2. The van der Waals surface area contributed by atoms with Crippen molar-refractivity contribution in [1.29, 1.82) is 0 Å². The molecule has 0 spiro atoms. The molecule has 1 heterocycles. The first kappa shape index (κ1) is 16.7. The molecule has 100 valence electrons. The van der Waals surface area contributed by atoms with Crippen LogP contribution in [0, 0.1) is 12.3 Å². The third-order valence-electron chi connectivity index (χ3n) is 2.56. The lowest BCUT2D eigenvalue weighted by Crippen LogP contribution is -2.43. The summed E-state index contributed by atoms with van der Waals surface area (Å²) < 4.78 is 10.7. The molecule has 1 atom stereocenters. The topological polar surface area (TPSA) is 41.9 Å². The maximum atomic E-state index is 9.78. The molecule has 0 radical (unpaired) electrons. The number of rotatable bonds is 5. The predicted molar refractivity (Wildman–Crippen MR) is 69.4 cm³/mol. The lowest BCUT2D eigenvalue weighted by molar-refractivity contribution is -0.0481. The van der Waals surface area contributed by atoms with Crippen molar-refractivity contribution in [3.05, 3.63) is 0 Å². The first-order chi connectivity index (χ1) is 7.53. The number of morpholine rings is 1. The number of hydrogen-bond acceptors (Lipinski definition) is 4. The largest absolute Gasteiger partial charge is 0.389 e. The van der Waals surface area contributed by atoms with Crippen LogP contribution in [0.3, 0.4) is 0 Å². The summed E-state index contributed by atoms with van der Waals surface area (Å²) in [5.41, 5.74) is -0.605. The molecule has 0 aromatic rings. The van der Waals surface area contributed by atoms with E-state index >= 15 is 0 Å². The first-order valence-corrected chi connectivity index (χ1v) is 5.63. The van der Waals surface area contributed by atoms with Crippen LogP contribution >= 0.6 is 12.4 Å². The predicted octanol–water partition coefficient (Wildman–Crippen LogP) is 0.530.